The molecule has 9 heteroatoms. The molecule has 0 saturated carbocycles. The smallest absolute Gasteiger partial charge is 0.309 e. The summed E-state index contributed by atoms with van der Waals surface area (Å²) >= 11 is 6.02. The molecule has 2 atom stereocenters. The lowest BCUT2D eigenvalue weighted by Gasteiger charge is -2.29. The van der Waals surface area contributed by atoms with Gasteiger partial charge in [-0.3, -0.25) is 14.7 Å². The Morgan fingerprint density at radius 3 is 2.46 bits per heavy atom. The second-order valence-corrected chi connectivity index (χ2v) is 10.5. The molecule has 3 rings (SSSR count). The number of rotatable bonds is 12. The number of benzene rings is 2. The van der Waals surface area contributed by atoms with Crippen molar-refractivity contribution >= 4 is 23.5 Å². The summed E-state index contributed by atoms with van der Waals surface area (Å²) in [5, 5.41) is 29.6. The van der Waals surface area contributed by atoms with Crippen LogP contribution in [0, 0.1) is 17.2 Å². The fourth-order valence-electron chi connectivity index (χ4n) is 4.35. The molecule has 4 N–H and O–H groups in total. The molecule has 1 aromatic heterocycles. The van der Waals surface area contributed by atoms with Crippen molar-refractivity contribution in [2.24, 2.45) is 11.3 Å². The first-order valence-electron chi connectivity index (χ1n) is 12.2. The molecule has 0 aliphatic carbocycles. The van der Waals surface area contributed by atoms with E-state index in [4.69, 9.17) is 11.6 Å². The summed E-state index contributed by atoms with van der Waals surface area (Å²) in [6, 6.07) is 12.7. The zero-order valence-corrected chi connectivity index (χ0v) is 22.0. The van der Waals surface area contributed by atoms with Crippen LogP contribution in [-0.4, -0.2) is 44.9 Å². The van der Waals surface area contributed by atoms with Crippen molar-refractivity contribution < 1.29 is 24.2 Å². The molecular weight excluding hydrogens is 497 g/mol. The van der Waals surface area contributed by atoms with Crippen LogP contribution in [0.1, 0.15) is 55.4 Å². The summed E-state index contributed by atoms with van der Waals surface area (Å²) in [6.45, 7) is 5.39. The molecule has 7 nitrogen and oxygen atoms in total. The highest BCUT2D eigenvalue weighted by Crippen LogP contribution is 2.30. The summed E-state index contributed by atoms with van der Waals surface area (Å²) in [5.41, 5.74) is 1.69. The number of aliphatic carboxylic acids is 1. The number of carboxylic acid groups (broad SMARTS) is 1. The van der Waals surface area contributed by atoms with Crippen molar-refractivity contribution in [3.63, 3.8) is 0 Å². The molecule has 1 amide bonds. The Hall–Kier alpha value is -3.23. The van der Waals surface area contributed by atoms with Crippen LogP contribution in [-0.2, 0) is 17.6 Å². The van der Waals surface area contributed by atoms with E-state index in [0.29, 0.717) is 34.2 Å². The molecular formula is C28H33ClFN3O4. The van der Waals surface area contributed by atoms with E-state index in [1.165, 1.54) is 12.1 Å². The second-order valence-electron chi connectivity index (χ2n) is 10.1. The zero-order valence-electron chi connectivity index (χ0n) is 21.2. The minimum atomic E-state index is -1.24. The minimum Gasteiger partial charge on any atom is -0.481 e. The number of H-pyrrole nitrogens is 1. The van der Waals surface area contributed by atoms with E-state index >= 15 is 0 Å². The van der Waals surface area contributed by atoms with Crippen LogP contribution in [0.4, 0.5) is 4.39 Å². The molecule has 3 aromatic rings. The molecule has 1 heterocycles. The maximum Gasteiger partial charge on any atom is 0.309 e. The van der Waals surface area contributed by atoms with Crippen LogP contribution in [0.5, 0.6) is 0 Å². The van der Waals surface area contributed by atoms with Crippen LogP contribution in [0.25, 0.3) is 11.1 Å². The Labute approximate surface area is 221 Å². The number of aromatic nitrogens is 2. The van der Waals surface area contributed by atoms with Gasteiger partial charge in [-0.05, 0) is 73.9 Å². The molecule has 2 aromatic carbocycles. The van der Waals surface area contributed by atoms with Crippen molar-refractivity contribution in [1.29, 1.82) is 0 Å². The second kappa shape index (κ2) is 12.3. The number of carbonyl (C=O) groups excluding carboxylic acids is 1. The molecule has 0 fully saturated rings. The SMILES string of the molecule is CC(C)Cc1cc(C(=O)N[C@H](Cc2ccc(-c3cc(Cl)ccc3F)cc2)CC(C)(CCO)C(=O)O)[nH]n1. The first-order valence-corrected chi connectivity index (χ1v) is 12.6. The highest BCUT2D eigenvalue weighted by atomic mass is 35.5. The van der Waals surface area contributed by atoms with Crippen LogP contribution in [0.3, 0.4) is 0 Å². The Morgan fingerprint density at radius 2 is 1.84 bits per heavy atom. The monoisotopic (exact) mass is 529 g/mol. The average molecular weight is 530 g/mol. The first kappa shape index (κ1) is 28.3. The third kappa shape index (κ3) is 7.63. The number of amides is 1. The number of carbonyl (C=O) groups is 2. The zero-order chi connectivity index (χ0) is 27.2. The topological polar surface area (TPSA) is 115 Å². The summed E-state index contributed by atoms with van der Waals surface area (Å²) < 4.78 is 14.3. The van der Waals surface area contributed by atoms with Gasteiger partial charge in [-0.25, -0.2) is 4.39 Å². The number of carboxylic acids is 1. The van der Waals surface area contributed by atoms with Gasteiger partial charge >= 0.3 is 5.97 Å². The fourth-order valence-corrected chi connectivity index (χ4v) is 4.52. The first-order chi connectivity index (χ1) is 17.5. The molecule has 0 spiro atoms. The van der Waals surface area contributed by atoms with Crippen molar-refractivity contribution in [3.05, 3.63) is 76.3 Å². The van der Waals surface area contributed by atoms with E-state index in [0.717, 1.165) is 17.7 Å². The van der Waals surface area contributed by atoms with E-state index in [9.17, 15) is 24.2 Å². The number of hydrogen-bond acceptors (Lipinski definition) is 4. The van der Waals surface area contributed by atoms with Gasteiger partial charge in [0.2, 0.25) is 0 Å². The largest absolute Gasteiger partial charge is 0.481 e. The summed E-state index contributed by atoms with van der Waals surface area (Å²) in [5.74, 6) is -1.44. The van der Waals surface area contributed by atoms with E-state index < -0.39 is 17.4 Å². The van der Waals surface area contributed by atoms with Gasteiger partial charge in [-0.1, -0.05) is 49.7 Å². The molecule has 0 radical (unpaired) electrons. The number of aliphatic hydroxyl groups excluding tert-OH is 1. The Kier molecular flexibility index (Phi) is 9.45. The van der Waals surface area contributed by atoms with Crippen molar-refractivity contribution in [3.8, 4) is 11.1 Å². The molecule has 37 heavy (non-hydrogen) atoms. The number of halogens is 2. The van der Waals surface area contributed by atoms with Gasteiger partial charge in [-0.15, -0.1) is 0 Å². The standard InChI is InChI=1S/C28H33ClFN3O4/c1-17(2)12-21-15-25(33-32-21)26(35)31-22(16-28(3,10-11-34)27(36)37)13-18-4-6-19(7-5-18)23-14-20(29)8-9-24(23)30/h4-9,14-15,17,22,34H,10-13,16H2,1-3H3,(H,31,35)(H,32,33)(H,36,37)/t22-,28?/m1/s1. The maximum atomic E-state index is 14.3. The number of nitrogens with zero attached hydrogens (tertiary/aromatic N) is 1. The molecule has 0 aliphatic heterocycles. The predicted octanol–water partition coefficient (Wildman–Crippen LogP) is 5.27. The summed E-state index contributed by atoms with van der Waals surface area (Å²) in [6.07, 6.45) is 1.21. The van der Waals surface area contributed by atoms with E-state index in [-0.39, 0.29) is 31.2 Å². The fraction of sp³-hybridized carbons (Fsp3) is 0.393. The lowest BCUT2D eigenvalue weighted by molar-refractivity contribution is -0.149. The third-order valence-corrected chi connectivity index (χ3v) is 6.62. The summed E-state index contributed by atoms with van der Waals surface area (Å²) in [7, 11) is 0. The van der Waals surface area contributed by atoms with Gasteiger partial charge in [0.25, 0.3) is 5.91 Å². The summed E-state index contributed by atoms with van der Waals surface area (Å²) in [4.78, 5) is 25.1. The maximum absolute atomic E-state index is 14.3. The number of aromatic amines is 1. The van der Waals surface area contributed by atoms with Gasteiger partial charge in [0, 0.05) is 23.2 Å². The predicted molar refractivity (Wildman–Crippen MR) is 141 cm³/mol. The minimum absolute atomic E-state index is 0.0459. The van der Waals surface area contributed by atoms with Gasteiger partial charge in [0.1, 0.15) is 11.5 Å². The van der Waals surface area contributed by atoms with Gasteiger partial charge in [0.15, 0.2) is 0 Å². The Bertz CT molecular complexity index is 1230. The van der Waals surface area contributed by atoms with Gasteiger partial charge in [0.05, 0.1) is 11.1 Å². The molecule has 0 saturated heterocycles. The van der Waals surface area contributed by atoms with Gasteiger partial charge < -0.3 is 15.5 Å². The van der Waals surface area contributed by atoms with Crippen molar-refractivity contribution in [2.75, 3.05) is 6.61 Å². The normalized spacial score (nSPS) is 13.8. The van der Waals surface area contributed by atoms with Crippen LogP contribution in [0.15, 0.2) is 48.5 Å². The lowest BCUT2D eigenvalue weighted by atomic mass is 9.79. The average Bonchev–Trinajstić information content (AvgIpc) is 3.29. The third-order valence-electron chi connectivity index (χ3n) is 6.38. The molecule has 0 aliphatic rings. The Balaban J connectivity index is 1.83. The molecule has 1 unspecified atom stereocenters. The highest BCUT2D eigenvalue weighted by Gasteiger charge is 2.36. The molecule has 198 valence electrons. The Morgan fingerprint density at radius 1 is 1.14 bits per heavy atom. The quantitative estimate of drug-likeness (QED) is 0.255. The van der Waals surface area contributed by atoms with Crippen LogP contribution < -0.4 is 5.32 Å². The van der Waals surface area contributed by atoms with E-state index in [1.54, 1.807) is 31.2 Å². The highest BCUT2D eigenvalue weighted by molar-refractivity contribution is 6.30. The van der Waals surface area contributed by atoms with Gasteiger partial charge in [-0.2, -0.15) is 5.10 Å². The number of nitrogens with one attached hydrogen (secondary N) is 2. The molecule has 0 bridgehead atoms. The van der Waals surface area contributed by atoms with Crippen molar-refractivity contribution in [2.45, 2.75) is 52.5 Å². The van der Waals surface area contributed by atoms with E-state index in [1.807, 2.05) is 12.1 Å². The van der Waals surface area contributed by atoms with E-state index in [2.05, 4.69) is 29.4 Å². The van der Waals surface area contributed by atoms with Crippen molar-refractivity contribution in [1.82, 2.24) is 15.5 Å². The number of aliphatic hydroxyl groups is 1. The number of hydrogen-bond donors (Lipinski definition) is 4. The lowest BCUT2D eigenvalue weighted by Crippen LogP contribution is -2.43. The van der Waals surface area contributed by atoms with Crippen LogP contribution >= 0.6 is 11.6 Å². The van der Waals surface area contributed by atoms with Crippen LogP contribution in [0.2, 0.25) is 5.02 Å².